The van der Waals surface area contributed by atoms with E-state index in [1.807, 2.05) is 30.3 Å². The number of nitrogen functional groups attached to an aromatic ring is 1. The Labute approximate surface area is 185 Å². The number of carbonyl (C=O) groups excluding carboxylic acids is 3. The molecule has 0 saturated heterocycles. The number of hydrogen-bond donors (Lipinski definition) is 2. The second-order valence-electron chi connectivity index (χ2n) is 6.80. The highest BCUT2D eigenvalue weighted by atomic mass is 35.5. The van der Waals surface area contributed by atoms with Gasteiger partial charge in [0.1, 0.15) is 19.3 Å². The van der Waals surface area contributed by atoms with Crippen LogP contribution in [0.15, 0.2) is 36.4 Å². The van der Waals surface area contributed by atoms with Crippen LogP contribution in [0.1, 0.15) is 29.2 Å². The summed E-state index contributed by atoms with van der Waals surface area (Å²) < 4.78 is 15.1. The van der Waals surface area contributed by atoms with E-state index in [2.05, 4.69) is 5.32 Å². The van der Waals surface area contributed by atoms with Crippen molar-refractivity contribution in [1.82, 2.24) is 5.32 Å². The van der Waals surface area contributed by atoms with E-state index < -0.39 is 24.1 Å². The van der Waals surface area contributed by atoms with Gasteiger partial charge in [-0.3, -0.25) is 4.79 Å². The highest BCUT2D eigenvalue weighted by molar-refractivity contribution is 6.33. The third-order valence-electron chi connectivity index (χ3n) is 4.64. The number of esters is 2. The molecule has 2 rings (SSSR count). The number of methoxy groups -OCH3 is 1. The fourth-order valence-corrected chi connectivity index (χ4v) is 3.19. The van der Waals surface area contributed by atoms with Gasteiger partial charge in [0.15, 0.2) is 0 Å². The predicted octanol–water partition coefficient (Wildman–Crippen LogP) is 3.30. The van der Waals surface area contributed by atoms with Crippen molar-refractivity contribution in [2.75, 3.05) is 12.8 Å². The number of anilines is 1. The Morgan fingerprint density at radius 2 is 1.81 bits per heavy atom. The average molecular weight is 449 g/mol. The van der Waals surface area contributed by atoms with Crippen molar-refractivity contribution in [3.8, 4) is 0 Å². The highest BCUT2D eigenvalue weighted by Gasteiger charge is 2.25. The van der Waals surface area contributed by atoms with Gasteiger partial charge in [-0.1, -0.05) is 41.9 Å². The van der Waals surface area contributed by atoms with E-state index in [1.54, 1.807) is 13.0 Å². The first-order valence-corrected chi connectivity index (χ1v) is 9.85. The van der Waals surface area contributed by atoms with Crippen LogP contribution in [0.2, 0.25) is 5.02 Å². The lowest BCUT2D eigenvalue weighted by Crippen LogP contribution is -2.43. The molecule has 0 aliphatic rings. The Morgan fingerprint density at radius 3 is 2.42 bits per heavy atom. The van der Waals surface area contributed by atoms with E-state index in [0.29, 0.717) is 22.4 Å². The predicted molar refractivity (Wildman–Crippen MR) is 115 cm³/mol. The summed E-state index contributed by atoms with van der Waals surface area (Å²) in [4.78, 5) is 35.8. The van der Waals surface area contributed by atoms with Gasteiger partial charge in [0.05, 0.1) is 17.8 Å². The molecule has 9 heteroatoms. The maximum Gasteiger partial charge on any atom is 0.408 e. The molecule has 2 aromatic rings. The zero-order valence-electron chi connectivity index (χ0n) is 17.6. The number of carbonyl (C=O) groups is 3. The third-order valence-corrected chi connectivity index (χ3v) is 4.95. The molecule has 31 heavy (non-hydrogen) atoms. The molecule has 0 fully saturated rings. The number of benzene rings is 2. The first-order chi connectivity index (χ1) is 14.7. The van der Waals surface area contributed by atoms with Gasteiger partial charge >= 0.3 is 18.0 Å². The SMILES string of the molecule is COC(=O)C(Cc1cc(Cl)c(N)c(C)c1COC(C)=O)NC(=O)OCc1ccccc1. The Hall–Kier alpha value is -3.26. The number of nitrogens with one attached hydrogen (secondary N) is 1. The molecule has 0 bridgehead atoms. The van der Waals surface area contributed by atoms with Crippen molar-refractivity contribution in [2.24, 2.45) is 0 Å². The molecule has 8 nitrogen and oxygen atoms in total. The van der Waals surface area contributed by atoms with Gasteiger partial charge in [-0.2, -0.15) is 0 Å². The van der Waals surface area contributed by atoms with E-state index >= 15 is 0 Å². The van der Waals surface area contributed by atoms with E-state index in [9.17, 15) is 14.4 Å². The topological polar surface area (TPSA) is 117 Å². The van der Waals surface area contributed by atoms with Gasteiger partial charge < -0.3 is 25.3 Å². The van der Waals surface area contributed by atoms with E-state index in [-0.39, 0.29) is 24.7 Å². The fraction of sp³-hybridized carbons (Fsp3) is 0.318. The molecule has 166 valence electrons. The van der Waals surface area contributed by atoms with Gasteiger partial charge in [0.2, 0.25) is 0 Å². The molecule has 0 spiro atoms. The van der Waals surface area contributed by atoms with Gasteiger partial charge in [-0.25, -0.2) is 9.59 Å². The zero-order chi connectivity index (χ0) is 23.0. The summed E-state index contributed by atoms with van der Waals surface area (Å²) in [7, 11) is 1.22. The molecule has 0 heterocycles. The minimum Gasteiger partial charge on any atom is -0.467 e. The van der Waals surface area contributed by atoms with Crippen molar-refractivity contribution in [3.63, 3.8) is 0 Å². The van der Waals surface area contributed by atoms with Crippen LogP contribution in [-0.4, -0.2) is 31.2 Å². The standard InChI is InChI=1S/C22H25ClN2O6/c1-13-17(12-30-14(2)26)16(9-18(23)20(13)24)10-19(21(27)29-3)25-22(28)31-11-15-7-5-4-6-8-15/h4-9,19H,10-12,24H2,1-3H3,(H,25,28). The summed E-state index contributed by atoms with van der Waals surface area (Å²) >= 11 is 6.21. The van der Waals surface area contributed by atoms with Crippen LogP contribution in [0, 0.1) is 6.92 Å². The lowest BCUT2D eigenvalue weighted by molar-refractivity contribution is -0.143. The Morgan fingerprint density at radius 1 is 1.13 bits per heavy atom. The van der Waals surface area contributed by atoms with Crippen LogP contribution in [0.5, 0.6) is 0 Å². The minimum absolute atomic E-state index is 0.0323. The molecule has 0 aliphatic carbocycles. The number of ether oxygens (including phenoxy) is 3. The largest absolute Gasteiger partial charge is 0.467 e. The average Bonchev–Trinajstić information content (AvgIpc) is 2.75. The first kappa shape index (κ1) is 24.0. The molecule has 0 saturated carbocycles. The van der Waals surface area contributed by atoms with Crippen molar-refractivity contribution in [2.45, 2.75) is 39.5 Å². The molecule has 3 N–H and O–H groups in total. The monoisotopic (exact) mass is 448 g/mol. The highest BCUT2D eigenvalue weighted by Crippen LogP contribution is 2.30. The fourth-order valence-electron chi connectivity index (χ4n) is 2.92. The maximum atomic E-state index is 12.3. The number of alkyl carbamates (subject to hydrolysis) is 1. The first-order valence-electron chi connectivity index (χ1n) is 9.47. The Bertz CT molecular complexity index is 949. The van der Waals surface area contributed by atoms with E-state index in [4.69, 9.17) is 31.5 Å². The van der Waals surface area contributed by atoms with Crippen LogP contribution >= 0.6 is 11.6 Å². The van der Waals surface area contributed by atoms with Crippen LogP contribution in [0.25, 0.3) is 0 Å². The molecule has 1 amide bonds. The van der Waals surface area contributed by atoms with Gasteiger partial charge in [0.25, 0.3) is 0 Å². The smallest absolute Gasteiger partial charge is 0.408 e. The molecule has 0 aromatic heterocycles. The van der Waals surface area contributed by atoms with E-state index in [0.717, 1.165) is 5.56 Å². The number of nitrogens with two attached hydrogens (primary N) is 1. The molecule has 1 atom stereocenters. The van der Waals surface area contributed by atoms with Gasteiger partial charge in [-0.05, 0) is 35.2 Å². The quantitative estimate of drug-likeness (QED) is 0.361. The normalized spacial score (nSPS) is 11.4. The summed E-state index contributed by atoms with van der Waals surface area (Å²) in [5.41, 5.74) is 8.95. The zero-order valence-corrected chi connectivity index (χ0v) is 18.3. The summed E-state index contributed by atoms with van der Waals surface area (Å²) in [5, 5.41) is 2.80. The third kappa shape index (κ3) is 6.89. The molecular weight excluding hydrogens is 424 g/mol. The Balaban J connectivity index is 2.20. The van der Waals surface area contributed by atoms with Crippen LogP contribution in [-0.2, 0) is 43.4 Å². The summed E-state index contributed by atoms with van der Waals surface area (Å²) in [6.07, 6.45) is -0.746. The molecule has 1 unspecified atom stereocenters. The summed E-state index contributed by atoms with van der Waals surface area (Å²) in [6, 6.07) is 9.65. The van der Waals surface area contributed by atoms with E-state index in [1.165, 1.54) is 14.0 Å². The number of rotatable bonds is 8. The van der Waals surface area contributed by atoms with Crippen molar-refractivity contribution in [1.29, 1.82) is 0 Å². The summed E-state index contributed by atoms with van der Waals surface area (Å²) in [6.45, 7) is 3.02. The second-order valence-corrected chi connectivity index (χ2v) is 7.21. The second kappa shape index (κ2) is 11.2. The van der Waals surface area contributed by atoms with Crippen LogP contribution in [0.3, 0.4) is 0 Å². The summed E-state index contributed by atoms with van der Waals surface area (Å²) in [5.74, 6) is -1.13. The van der Waals surface area contributed by atoms with Gasteiger partial charge in [-0.15, -0.1) is 0 Å². The van der Waals surface area contributed by atoms with Gasteiger partial charge in [0, 0.05) is 13.3 Å². The molecular formula is C22H25ClN2O6. The number of hydrogen-bond acceptors (Lipinski definition) is 7. The molecule has 0 radical (unpaired) electrons. The number of halogens is 1. The minimum atomic E-state index is -1.05. The number of amides is 1. The van der Waals surface area contributed by atoms with Crippen molar-refractivity contribution >= 4 is 35.3 Å². The Kier molecular flexibility index (Phi) is 8.69. The van der Waals surface area contributed by atoms with Crippen molar-refractivity contribution < 1.29 is 28.6 Å². The van der Waals surface area contributed by atoms with Crippen LogP contribution < -0.4 is 11.1 Å². The maximum absolute atomic E-state index is 12.3. The molecule has 0 aliphatic heterocycles. The lowest BCUT2D eigenvalue weighted by atomic mass is 9.95. The van der Waals surface area contributed by atoms with Crippen molar-refractivity contribution in [3.05, 3.63) is 63.7 Å². The molecule has 2 aromatic carbocycles. The lowest BCUT2D eigenvalue weighted by Gasteiger charge is -2.20. The van der Waals surface area contributed by atoms with Crippen LogP contribution in [0.4, 0.5) is 10.5 Å².